The number of hydrogen-bond acceptors (Lipinski definition) is 8. The fraction of sp³-hybridized carbons (Fsp3) is 0.133. The quantitative estimate of drug-likeness (QED) is 0.140. The van der Waals surface area contributed by atoms with Crippen molar-refractivity contribution in [2.75, 3.05) is 26.4 Å². The largest absolute Gasteiger partial charge is 0.491 e. The number of carbonyl (C=O) groups is 2. The number of amides is 2. The van der Waals surface area contributed by atoms with Gasteiger partial charge in [0.1, 0.15) is 24.7 Å². The summed E-state index contributed by atoms with van der Waals surface area (Å²) in [7, 11) is 0. The molecule has 0 aliphatic carbocycles. The molecule has 0 saturated carbocycles. The van der Waals surface area contributed by atoms with E-state index in [2.05, 4.69) is 21.1 Å². The van der Waals surface area contributed by atoms with E-state index in [0.29, 0.717) is 11.5 Å². The summed E-state index contributed by atoms with van der Waals surface area (Å²) in [5, 5.41) is 25.4. The monoisotopic (exact) mass is 542 g/mol. The maximum atomic E-state index is 12.0. The fourth-order valence-electron chi connectivity index (χ4n) is 3.10. The van der Waals surface area contributed by atoms with E-state index in [1.54, 1.807) is 60.7 Å². The molecule has 0 heterocycles. The number of carbonyl (C=O) groups excluding carboxylic acids is 2. The second-order valence-electron chi connectivity index (χ2n) is 8.08. The third-order valence-electron chi connectivity index (χ3n) is 5.05. The predicted octanol–water partition coefficient (Wildman–Crippen LogP) is 2.76. The summed E-state index contributed by atoms with van der Waals surface area (Å²) in [6.45, 7) is 0.345. The summed E-state index contributed by atoms with van der Waals surface area (Å²) >= 11 is 0. The highest BCUT2D eigenvalue weighted by Crippen LogP contribution is 2.12. The van der Waals surface area contributed by atoms with Crippen molar-refractivity contribution < 1.29 is 29.3 Å². The van der Waals surface area contributed by atoms with Gasteiger partial charge in [0.15, 0.2) is 0 Å². The highest BCUT2D eigenvalue weighted by Gasteiger charge is 1.97. The van der Waals surface area contributed by atoms with E-state index in [1.807, 2.05) is 24.3 Å². The Hall–Kier alpha value is -5.06. The van der Waals surface area contributed by atoms with E-state index in [9.17, 15) is 9.59 Å². The van der Waals surface area contributed by atoms with Gasteiger partial charge in [0.25, 0.3) is 11.8 Å². The summed E-state index contributed by atoms with van der Waals surface area (Å²) in [5.41, 5.74) is 8.02. The molecule has 0 atom stereocenters. The van der Waals surface area contributed by atoms with Gasteiger partial charge in [0.2, 0.25) is 0 Å². The molecule has 4 N–H and O–H groups in total. The van der Waals surface area contributed by atoms with Gasteiger partial charge in [0, 0.05) is 12.2 Å². The predicted molar refractivity (Wildman–Crippen MR) is 154 cm³/mol. The minimum Gasteiger partial charge on any atom is -0.491 e. The van der Waals surface area contributed by atoms with Crippen LogP contribution in [-0.2, 0) is 9.59 Å². The molecule has 0 aliphatic heterocycles. The molecule has 0 spiro atoms. The second kappa shape index (κ2) is 16.7. The van der Waals surface area contributed by atoms with Crippen LogP contribution < -0.4 is 20.3 Å². The van der Waals surface area contributed by atoms with Gasteiger partial charge in [-0.2, -0.15) is 10.2 Å². The molecule has 0 radical (unpaired) electrons. The lowest BCUT2D eigenvalue weighted by Crippen LogP contribution is -2.14. The second-order valence-corrected chi connectivity index (χ2v) is 8.08. The lowest BCUT2D eigenvalue weighted by Gasteiger charge is -2.03. The van der Waals surface area contributed by atoms with Crippen LogP contribution in [0.1, 0.15) is 22.3 Å². The molecule has 0 saturated heterocycles. The van der Waals surface area contributed by atoms with Crippen LogP contribution in [0.2, 0.25) is 0 Å². The van der Waals surface area contributed by atoms with Crippen LogP contribution in [0.4, 0.5) is 0 Å². The maximum absolute atomic E-state index is 12.0. The zero-order valence-electron chi connectivity index (χ0n) is 21.6. The number of rotatable bonds is 14. The topological polar surface area (TPSA) is 142 Å². The lowest BCUT2D eigenvalue weighted by molar-refractivity contribution is -0.117. The summed E-state index contributed by atoms with van der Waals surface area (Å²) < 4.78 is 10.6. The Morgan fingerprint density at radius 3 is 1.30 bits per heavy atom. The number of nitrogens with one attached hydrogen (secondary N) is 2. The molecule has 0 bridgehead atoms. The molecule has 3 aromatic carbocycles. The fourth-order valence-corrected chi connectivity index (χ4v) is 3.10. The first-order valence-corrected chi connectivity index (χ1v) is 12.4. The van der Waals surface area contributed by atoms with E-state index >= 15 is 0 Å². The van der Waals surface area contributed by atoms with Gasteiger partial charge in [-0.25, -0.2) is 10.9 Å². The van der Waals surface area contributed by atoms with E-state index in [-0.39, 0.29) is 38.2 Å². The number of hydrogen-bond donors (Lipinski definition) is 4. The minimum atomic E-state index is -0.383. The van der Waals surface area contributed by atoms with Gasteiger partial charge in [0.05, 0.1) is 25.6 Å². The lowest BCUT2D eigenvalue weighted by atomic mass is 10.1. The molecule has 0 unspecified atom stereocenters. The van der Waals surface area contributed by atoms with Crippen LogP contribution in [0.15, 0.2) is 95.2 Å². The van der Waals surface area contributed by atoms with Crippen molar-refractivity contribution in [2.45, 2.75) is 0 Å². The van der Waals surface area contributed by atoms with Crippen molar-refractivity contribution in [3.05, 3.63) is 107 Å². The summed E-state index contributed by atoms with van der Waals surface area (Å²) in [5.74, 6) is 0.508. The Labute approximate surface area is 232 Å². The molecule has 3 rings (SSSR count). The number of hydrazone groups is 2. The number of aliphatic hydroxyl groups is 2. The van der Waals surface area contributed by atoms with Crippen LogP contribution in [0.5, 0.6) is 11.5 Å². The summed E-state index contributed by atoms with van der Waals surface area (Å²) in [6, 6.07) is 21.4. The maximum Gasteiger partial charge on any atom is 0.264 e. The standard InChI is InChI=1S/C30H30N4O6/c35-17-19-39-27-11-5-25(6-12-27)21-31-33-29(37)15-9-23-1-2-24(4-3-23)10-16-30(38)34-32-22-26-7-13-28(14-8-26)40-20-18-36/h1-16,21-22,35-36H,17-20H2,(H,33,37)(H,34,38)/b15-9+,16-10+,31-21+,32-22+. The Kier molecular flexibility index (Phi) is 12.3. The number of ether oxygens (including phenoxy) is 2. The molecule has 0 aromatic heterocycles. The SMILES string of the molecule is O=C(/C=C/c1ccc(/C=C/C(=O)N/N=C/c2ccc(OCCO)cc2)cc1)N/N=C/c1ccc(OCCO)cc1. The minimum absolute atomic E-state index is 0.0539. The van der Waals surface area contributed by atoms with Crippen molar-refractivity contribution >= 4 is 36.4 Å². The van der Waals surface area contributed by atoms with Crippen LogP contribution >= 0.6 is 0 Å². The molecular weight excluding hydrogens is 512 g/mol. The van der Waals surface area contributed by atoms with E-state index in [1.165, 1.54) is 24.6 Å². The number of nitrogens with zero attached hydrogens (tertiary/aromatic N) is 2. The highest BCUT2D eigenvalue weighted by molar-refractivity contribution is 5.93. The highest BCUT2D eigenvalue weighted by atomic mass is 16.5. The average molecular weight is 543 g/mol. The third-order valence-corrected chi connectivity index (χ3v) is 5.05. The molecular formula is C30H30N4O6. The first kappa shape index (κ1) is 29.5. The van der Waals surface area contributed by atoms with Crippen molar-refractivity contribution in [3.8, 4) is 11.5 Å². The van der Waals surface area contributed by atoms with Crippen molar-refractivity contribution in [2.24, 2.45) is 10.2 Å². The summed E-state index contributed by atoms with van der Waals surface area (Å²) in [4.78, 5) is 24.0. The summed E-state index contributed by atoms with van der Waals surface area (Å²) in [6.07, 6.45) is 9.07. The zero-order chi connectivity index (χ0) is 28.4. The molecule has 2 amide bonds. The van der Waals surface area contributed by atoms with Crippen LogP contribution in [0.25, 0.3) is 12.2 Å². The van der Waals surface area contributed by atoms with Crippen molar-refractivity contribution in [3.63, 3.8) is 0 Å². The van der Waals surface area contributed by atoms with Gasteiger partial charge in [-0.05, 0) is 82.9 Å². The number of benzene rings is 3. The smallest absolute Gasteiger partial charge is 0.264 e. The Morgan fingerprint density at radius 1 is 0.600 bits per heavy atom. The number of aliphatic hydroxyl groups excluding tert-OH is 2. The van der Waals surface area contributed by atoms with E-state index in [0.717, 1.165) is 22.3 Å². The van der Waals surface area contributed by atoms with Gasteiger partial charge in [-0.15, -0.1) is 0 Å². The van der Waals surface area contributed by atoms with E-state index < -0.39 is 0 Å². The molecule has 206 valence electrons. The Morgan fingerprint density at radius 2 is 0.950 bits per heavy atom. The molecule has 0 fully saturated rings. The first-order valence-electron chi connectivity index (χ1n) is 12.4. The van der Waals surface area contributed by atoms with Crippen molar-refractivity contribution in [1.29, 1.82) is 0 Å². The van der Waals surface area contributed by atoms with Crippen LogP contribution in [0.3, 0.4) is 0 Å². The van der Waals surface area contributed by atoms with Crippen molar-refractivity contribution in [1.82, 2.24) is 10.9 Å². The Bertz CT molecular complexity index is 1230. The van der Waals surface area contributed by atoms with E-state index in [4.69, 9.17) is 19.7 Å². The third kappa shape index (κ3) is 11.1. The zero-order valence-corrected chi connectivity index (χ0v) is 21.6. The van der Waals surface area contributed by atoms with Gasteiger partial charge in [-0.1, -0.05) is 24.3 Å². The van der Waals surface area contributed by atoms with Gasteiger partial charge >= 0.3 is 0 Å². The van der Waals surface area contributed by atoms with Crippen LogP contribution in [-0.4, -0.2) is 60.9 Å². The van der Waals surface area contributed by atoms with Gasteiger partial charge in [-0.3, -0.25) is 9.59 Å². The molecule has 40 heavy (non-hydrogen) atoms. The molecule has 0 aliphatic rings. The average Bonchev–Trinajstić information content (AvgIpc) is 2.98. The molecule has 10 heteroatoms. The normalized spacial score (nSPS) is 11.4. The molecule has 3 aromatic rings. The van der Waals surface area contributed by atoms with Crippen LogP contribution in [0, 0.1) is 0 Å². The first-order chi connectivity index (χ1) is 19.6. The molecule has 10 nitrogen and oxygen atoms in total. The Balaban J connectivity index is 1.40. The van der Waals surface area contributed by atoms with Gasteiger partial charge < -0.3 is 19.7 Å².